The van der Waals surface area contributed by atoms with Crippen molar-refractivity contribution in [3.8, 4) is 0 Å². The summed E-state index contributed by atoms with van der Waals surface area (Å²) in [5.41, 5.74) is 6.44. The molecule has 0 saturated heterocycles. The summed E-state index contributed by atoms with van der Waals surface area (Å²) in [5, 5.41) is 0. The van der Waals surface area contributed by atoms with Gasteiger partial charge in [0.15, 0.2) is 0 Å². The number of nitrogens with two attached hydrogens (primary N) is 1. The number of unbranched alkanes of at least 4 members (excludes halogenated alkanes) is 1. The first-order valence-electron chi connectivity index (χ1n) is 7.27. The van der Waals surface area contributed by atoms with E-state index in [0.29, 0.717) is 17.5 Å². The van der Waals surface area contributed by atoms with Gasteiger partial charge < -0.3 is 10.5 Å². The van der Waals surface area contributed by atoms with Crippen LogP contribution in [0.2, 0.25) is 0 Å². The summed E-state index contributed by atoms with van der Waals surface area (Å²) in [6.07, 6.45) is 2.58. The van der Waals surface area contributed by atoms with E-state index in [4.69, 9.17) is 5.73 Å². The van der Waals surface area contributed by atoms with Crippen molar-refractivity contribution < 1.29 is 17.9 Å². The lowest BCUT2D eigenvalue weighted by Gasteiger charge is -2.17. The van der Waals surface area contributed by atoms with Crippen LogP contribution in [0.1, 0.15) is 42.1 Å². The molecule has 0 saturated carbocycles. The third-order valence-electron chi connectivity index (χ3n) is 3.40. The first kappa shape index (κ1) is 18.6. The summed E-state index contributed by atoms with van der Waals surface area (Å²) in [4.78, 5) is 11.6. The lowest BCUT2D eigenvalue weighted by atomic mass is 10.1. The molecule has 1 unspecified atom stereocenters. The maximum Gasteiger partial charge on any atom is 0.337 e. The summed E-state index contributed by atoms with van der Waals surface area (Å²) in [6, 6.07) is 4.07. The summed E-state index contributed by atoms with van der Waals surface area (Å²) in [6.45, 7) is 3.93. The maximum atomic E-state index is 12.5. The molecule has 0 fully saturated rings. The van der Waals surface area contributed by atoms with Crippen molar-refractivity contribution in [1.82, 2.24) is 4.72 Å². The van der Waals surface area contributed by atoms with Crippen LogP contribution in [0.4, 0.5) is 0 Å². The van der Waals surface area contributed by atoms with Crippen LogP contribution in [0.5, 0.6) is 0 Å². The molecule has 0 amide bonds. The molecule has 0 spiro atoms. The second-order valence-corrected chi connectivity index (χ2v) is 6.85. The molecule has 1 rings (SSSR count). The number of benzene rings is 1. The highest BCUT2D eigenvalue weighted by Crippen LogP contribution is 2.18. The Kier molecular flexibility index (Phi) is 6.99. The number of aryl methyl sites for hydroxylation is 1. The minimum absolute atomic E-state index is 0.148. The van der Waals surface area contributed by atoms with Crippen LogP contribution >= 0.6 is 0 Å². The number of ether oxygens (including phenoxy) is 1. The van der Waals surface area contributed by atoms with Gasteiger partial charge in [0.25, 0.3) is 0 Å². The smallest absolute Gasteiger partial charge is 0.337 e. The fourth-order valence-corrected chi connectivity index (χ4v) is 3.66. The molecule has 0 bridgehead atoms. The summed E-state index contributed by atoms with van der Waals surface area (Å²) in [7, 11) is -2.38. The van der Waals surface area contributed by atoms with Crippen LogP contribution in [-0.4, -0.2) is 34.1 Å². The van der Waals surface area contributed by atoms with Crippen LogP contribution in [0, 0.1) is 6.92 Å². The third kappa shape index (κ3) is 4.79. The van der Waals surface area contributed by atoms with Crippen molar-refractivity contribution in [3.05, 3.63) is 29.3 Å². The molecular formula is C15H24N2O4S. The highest BCUT2D eigenvalue weighted by Gasteiger charge is 2.21. The van der Waals surface area contributed by atoms with E-state index in [1.54, 1.807) is 6.92 Å². The molecule has 1 aromatic rings. The Hall–Kier alpha value is -1.44. The van der Waals surface area contributed by atoms with E-state index in [1.165, 1.54) is 25.3 Å². The van der Waals surface area contributed by atoms with E-state index in [2.05, 4.69) is 9.46 Å². The van der Waals surface area contributed by atoms with Crippen LogP contribution in [0.25, 0.3) is 0 Å². The summed E-state index contributed by atoms with van der Waals surface area (Å²) < 4.78 is 32.2. The Morgan fingerprint density at radius 3 is 2.59 bits per heavy atom. The molecule has 124 valence electrons. The summed E-state index contributed by atoms with van der Waals surface area (Å²) >= 11 is 0. The van der Waals surface area contributed by atoms with Gasteiger partial charge in [-0.3, -0.25) is 0 Å². The van der Waals surface area contributed by atoms with E-state index in [0.717, 1.165) is 12.8 Å². The Balaban J connectivity index is 3.00. The summed E-state index contributed by atoms with van der Waals surface area (Å²) in [5.74, 6) is -0.497. The van der Waals surface area contributed by atoms with Gasteiger partial charge in [-0.05, 0) is 37.1 Å². The number of rotatable bonds is 8. The zero-order valence-corrected chi connectivity index (χ0v) is 14.1. The second kappa shape index (κ2) is 8.26. The fraction of sp³-hybridized carbons (Fsp3) is 0.533. The number of hydrogen-bond donors (Lipinski definition) is 2. The van der Waals surface area contributed by atoms with Gasteiger partial charge in [-0.15, -0.1) is 0 Å². The SMILES string of the molecule is CCCCC(CN)NS(=O)(=O)c1ccc(C(=O)OC)cc1C. The maximum absolute atomic E-state index is 12.5. The van der Waals surface area contributed by atoms with Crippen molar-refractivity contribution in [3.63, 3.8) is 0 Å². The topological polar surface area (TPSA) is 98.5 Å². The standard InChI is InChI=1S/C15H24N2O4S/c1-4-5-6-13(10-16)17-22(19,20)14-8-7-12(9-11(14)2)15(18)21-3/h7-9,13,17H,4-6,10,16H2,1-3H3. The lowest BCUT2D eigenvalue weighted by molar-refractivity contribution is 0.0600. The van der Waals surface area contributed by atoms with Gasteiger partial charge in [-0.2, -0.15) is 0 Å². The van der Waals surface area contributed by atoms with Crippen LogP contribution in [0.3, 0.4) is 0 Å². The molecule has 0 aliphatic heterocycles. The molecule has 7 heteroatoms. The molecule has 1 aromatic carbocycles. The van der Waals surface area contributed by atoms with Crippen molar-refractivity contribution in [2.45, 2.75) is 44.0 Å². The van der Waals surface area contributed by atoms with Crippen molar-refractivity contribution in [1.29, 1.82) is 0 Å². The number of esters is 1. The fourth-order valence-electron chi connectivity index (χ4n) is 2.15. The van der Waals surface area contributed by atoms with Gasteiger partial charge in [0.05, 0.1) is 17.6 Å². The average molecular weight is 328 g/mol. The van der Waals surface area contributed by atoms with Crippen LogP contribution in [-0.2, 0) is 14.8 Å². The molecule has 0 aliphatic rings. The Bertz CT molecular complexity index is 614. The highest BCUT2D eigenvalue weighted by atomic mass is 32.2. The number of carbonyl (C=O) groups is 1. The van der Waals surface area contributed by atoms with E-state index in [-0.39, 0.29) is 17.5 Å². The van der Waals surface area contributed by atoms with E-state index in [9.17, 15) is 13.2 Å². The predicted molar refractivity (Wildman–Crippen MR) is 85.2 cm³/mol. The van der Waals surface area contributed by atoms with Crippen molar-refractivity contribution >= 4 is 16.0 Å². The van der Waals surface area contributed by atoms with Crippen LogP contribution < -0.4 is 10.5 Å². The zero-order chi connectivity index (χ0) is 16.8. The highest BCUT2D eigenvalue weighted by molar-refractivity contribution is 7.89. The first-order chi connectivity index (χ1) is 10.4. The Morgan fingerprint density at radius 2 is 2.09 bits per heavy atom. The molecule has 0 radical (unpaired) electrons. The molecule has 1 atom stereocenters. The monoisotopic (exact) mass is 328 g/mol. The Morgan fingerprint density at radius 1 is 1.41 bits per heavy atom. The minimum atomic E-state index is -3.66. The Labute approximate surface area is 132 Å². The number of nitrogens with one attached hydrogen (secondary N) is 1. The number of methoxy groups -OCH3 is 1. The minimum Gasteiger partial charge on any atom is -0.465 e. The third-order valence-corrected chi connectivity index (χ3v) is 5.08. The predicted octanol–water partition coefficient (Wildman–Crippen LogP) is 1.58. The van der Waals surface area contributed by atoms with Gasteiger partial charge in [0.1, 0.15) is 0 Å². The van der Waals surface area contributed by atoms with Gasteiger partial charge in [0.2, 0.25) is 10.0 Å². The normalized spacial score (nSPS) is 12.9. The van der Waals surface area contributed by atoms with Gasteiger partial charge in [0, 0.05) is 12.6 Å². The van der Waals surface area contributed by atoms with Gasteiger partial charge >= 0.3 is 5.97 Å². The number of sulfonamides is 1. The van der Waals surface area contributed by atoms with E-state index in [1.807, 2.05) is 6.92 Å². The van der Waals surface area contributed by atoms with Crippen molar-refractivity contribution in [2.75, 3.05) is 13.7 Å². The van der Waals surface area contributed by atoms with E-state index < -0.39 is 16.0 Å². The largest absolute Gasteiger partial charge is 0.465 e. The second-order valence-electron chi connectivity index (χ2n) is 5.17. The average Bonchev–Trinajstić information content (AvgIpc) is 2.50. The number of hydrogen-bond acceptors (Lipinski definition) is 5. The van der Waals surface area contributed by atoms with Gasteiger partial charge in [-0.25, -0.2) is 17.9 Å². The molecule has 6 nitrogen and oxygen atoms in total. The zero-order valence-electron chi connectivity index (χ0n) is 13.3. The quantitative estimate of drug-likeness (QED) is 0.706. The van der Waals surface area contributed by atoms with Crippen LogP contribution in [0.15, 0.2) is 23.1 Å². The first-order valence-corrected chi connectivity index (χ1v) is 8.75. The van der Waals surface area contributed by atoms with E-state index >= 15 is 0 Å². The molecule has 0 heterocycles. The molecule has 3 N–H and O–H groups in total. The lowest BCUT2D eigenvalue weighted by Crippen LogP contribution is -2.40. The van der Waals surface area contributed by atoms with Crippen molar-refractivity contribution in [2.24, 2.45) is 5.73 Å². The molecule has 22 heavy (non-hydrogen) atoms. The molecule has 0 aromatic heterocycles. The molecular weight excluding hydrogens is 304 g/mol. The van der Waals surface area contributed by atoms with Gasteiger partial charge in [-0.1, -0.05) is 19.8 Å². The molecule has 0 aliphatic carbocycles. The number of carbonyl (C=O) groups excluding carboxylic acids is 1.